The van der Waals surface area contributed by atoms with E-state index in [0.29, 0.717) is 0 Å². The van der Waals surface area contributed by atoms with Gasteiger partial charge in [0.2, 0.25) is 0 Å². The van der Waals surface area contributed by atoms with Gasteiger partial charge in [0.1, 0.15) is 12.5 Å². The second-order valence-electron chi connectivity index (χ2n) is 10.1. The molecule has 0 amide bonds. The molecule has 0 spiro atoms. The first-order valence-corrected chi connectivity index (χ1v) is 14.8. The van der Waals surface area contributed by atoms with Crippen molar-refractivity contribution in [2.75, 3.05) is 19.8 Å². The number of hydrogen-bond donors (Lipinski definition) is 0. The summed E-state index contributed by atoms with van der Waals surface area (Å²) in [5, 5.41) is 0. The number of rotatable bonds is 25. The molecule has 0 saturated carbocycles. The standard InChI is InChI=1S/C31H57NO/c1-3-5-7-9-11-13-15-17-19-24-28-32(30-33-31-26-22-21-23-27-31)29-25-20-18-16-14-12-10-8-6-4-2/h21-23,26-27H,3-20,24-25,28-30H2,1-2H3. The van der Waals surface area contributed by atoms with E-state index in [0.717, 1.165) is 12.5 Å². The van der Waals surface area contributed by atoms with Crippen LogP contribution in [0.3, 0.4) is 0 Å². The molecule has 0 radical (unpaired) electrons. The van der Waals surface area contributed by atoms with Gasteiger partial charge in [0.15, 0.2) is 0 Å². The zero-order valence-electron chi connectivity index (χ0n) is 22.5. The first-order chi connectivity index (χ1) is 16.4. The van der Waals surface area contributed by atoms with Crippen molar-refractivity contribution in [3.63, 3.8) is 0 Å². The minimum atomic E-state index is 0.735. The lowest BCUT2D eigenvalue weighted by atomic mass is 10.1. The van der Waals surface area contributed by atoms with Crippen molar-refractivity contribution in [2.24, 2.45) is 0 Å². The number of unbranched alkanes of at least 4 members (excludes halogenated alkanes) is 18. The molecule has 0 heterocycles. The molecule has 0 N–H and O–H groups in total. The minimum absolute atomic E-state index is 0.735. The summed E-state index contributed by atoms with van der Waals surface area (Å²) in [6.07, 6.45) is 28.0. The van der Waals surface area contributed by atoms with Crippen molar-refractivity contribution >= 4 is 0 Å². The van der Waals surface area contributed by atoms with Gasteiger partial charge in [-0.3, -0.25) is 4.90 Å². The zero-order chi connectivity index (χ0) is 23.7. The van der Waals surface area contributed by atoms with E-state index in [1.807, 2.05) is 0 Å². The van der Waals surface area contributed by atoms with Crippen molar-refractivity contribution in [2.45, 2.75) is 142 Å². The van der Waals surface area contributed by atoms with Gasteiger partial charge in [-0.25, -0.2) is 0 Å². The highest BCUT2D eigenvalue weighted by molar-refractivity contribution is 5.20. The molecule has 1 aromatic carbocycles. The van der Waals surface area contributed by atoms with Gasteiger partial charge in [0, 0.05) is 13.1 Å². The number of benzene rings is 1. The smallest absolute Gasteiger partial charge is 0.142 e. The van der Waals surface area contributed by atoms with Gasteiger partial charge >= 0.3 is 0 Å². The lowest BCUT2D eigenvalue weighted by Crippen LogP contribution is -2.30. The van der Waals surface area contributed by atoms with Crippen LogP contribution in [-0.2, 0) is 0 Å². The molecule has 0 aromatic heterocycles. The van der Waals surface area contributed by atoms with Crippen LogP contribution in [0.1, 0.15) is 142 Å². The second kappa shape index (κ2) is 24.1. The van der Waals surface area contributed by atoms with Crippen molar-refractivity contribution < 1.29 is 4.74 Å². The molecule has 0 saturated heterocycles. The Hall–Kier alpha value is -1.02. The third-order valence-electron chi connectivity index (χ3n) is 6.81. The van der Waals surface area contributed by atoms with Crippen LogP contribution in [0.5, 0.6) is 5.75 Å². The Bertz CT molecular complexity index is 465. The van der Waals surface area contributed by atoms with Gasteiger partial charge < -0.3 is 4.74 Å². The van der Waals surface area contributed by atoms with Crippen LogP contribution >= 0.6 is 0 Å². The summed E-state index contributed by atoms with van der Waals surface area (Å²) in [6, 6.07) is 10.3. The third-order valence-corrected chi connectivity index (χ3v) is 6.81. The van der Waals surface area contributed by atoms with Crippen LogP contribution < -0.4 is 4.74 Å². The molecule has 192 valence electrons. The van der Waals surface area contributed by atoms with E-state index in [1.54, 1.807) is 0 Å². The van der Waals surface area contributed by atoms with E-state index in [4.69, 9.17) is 4.74 Å². The second-order valence-corrected chi connectivity index (χ2v) is 10.1. The van der Waals surface area contributed by atoms with Crippen molar-refractivity contribution in [1.29, 1.82) is 0 Å². The Morgan fingerprint density at radius 2 is 0.848 bits per heavy atom. The van der Waals surface area contributed by atoms with E-state index in [1.165, 1.54) is 142 Å². The van der Waals surface area contributed by atoms with Gasteiger partial charge in [0.25, 0.3) is 0 Å². The highest BCUT2D eigenvalue weighted by Gasteiger charge is 2.06. The predicted molar refractivity (Wildman–Crippen MR) is 147 cm³/mol. The van der Waals surface area contributed by atoms with Gasteiger partial charge in [-0.15, -0.1) is 0 Å². The maximum absolute atomic E-state index is 6.08. The molecule has 0 aliphatic rings. The van der Waals surface area contributed by atoms with E-state index in [-0.39, 0.29) is 0 Å². The van der Waals surface area contributed by atoms with Crippen LogP contribution in [0.4, 0.5) is 0 Å². The van der Waals surface area contributed by atoms with E-state index in [2.05, 4.69) is 49.1 Å². The van der Waals surface area contributed by atoms with Crippen LogP contribution in [0.25, 0.3) is 0 Å². The van der Waals surface area contributed by atoms with Gasteiger partial charge in [0.05, 0.1) is 0 Å². The normalized spacial score (nSPS) is 11.4. The fourth-order valence-corrected chi connectivity index (χ4v) is 4.57. The van der Waals surface area contributed by atoms with Crippen molar-refractivity contribution in [3.05, 3.63) is 30.3 Å². The maximum atomic E-state index is 6.08. The summed E-state index contributed by atoms with van der Waals surface area (Å²) < 4.78 is 6.08. The van der Waals surface area contributed by atoms with Gasteiger partial charge in [-0.1, -0.05) is 148 Å². The monoisotopic (exact) mass is 459 g/mol. The molecule has 2 nitrogen and oxygen atoms in total. The fourth-order valence-electron chi connectivity index (χ4n) is 4.57. The minimum Gasteiger partial charge on any atom is -0.478 e. The van der Waals surface area contributed by atoms with Crippen LogP contribution in [-0.4, -0.2) is 24.7 Å². The molecular formula is C31H57NO. The number of hydrogen-bond acceptors (Lipinski definition) is 2. The van der Waals surface area contributed by atoms with Crippen LogP contribution in [0, 0.1) is 0 Å². The molecule has 1 rings (SSSR count). The molecule has 33 heavy (non-hydrogen) atoms. The molecule has 0 aliphatic carbocycles. The molecule has 0 bridgehead atoms. The molecular weight excluding hydrogens is 402 g/mol. The Balaban J connectivity index is 2.12. The Labute approximate surface area is 207 Å². The predicted octanol–water partition coefficient (Wildman–Crippen LogP) is 10.2. The van der Waals surface area contributed by atoms with E-state index >= 15 is 0 Å². The van der Waals surface area contributed by atoms with E-state index in [9.17, 15) is 0 Å². The zero-order valence-corrected chi connectivity index (χ0v) is 22.5. The molecule has 0 atom stereocenters. The lowest BCUT2D eigenvalue weighted by Gasteiger charge is -2.22. The van der Waals surface area contributed by atoms with Gasteiger partial charge in [-0.05, 0) is 25.0 Å². The third kappa shape index (κ3) is 20.1. The first kappa shape index (κ1) is 30.0. The summed E-state index contributed by atoms with van der Waals surface area (Å²) in [7, 11) is 0. The van der Waals surface area contributed by atoms with Crippen LogP contribution in [0.15, 0.2) is 30.3 Å². The average molecular weight is 460 g/mol. The Morgan fingerprint density at radius 1 is 0.485 bits per heavy atom. The summed E-state index contributed by atoms with van der Waals surface area (Å²) in [5.74, 6) is 0.994. The Kier molecular flexibility index (Phi) is 21.9. The molecule has 0 unspecified atom stereocenters. The van der Waals surface area contributed by atoms with Crippen molar-refractivity contribution in [3.8, 4) is 5.75 Å². The van der Waals surface area contributed by atoms with Gasteiger partial charge in [-0.2, -0.15) is 0 Å². The highest BCUT2D eigenvalue weighted by Crippen LogP contribution is 2.14. The van der Waals surface area contributed by atoms with E-state index < -0.39 is 0 Å². The summed E-state index contributed by atoms with van der Waals surface area (Å²) in [4.78, 5) is 2.54. The molecule has 0 aliphatic heterocycles. The van der Waals surface area contributed by atoms with Crippen LogP contribution in [0.2, 0.25) is 0 Å². The molecule has 1 aromatic rings. The largest absolute Gasteiger partial charge is 0.478 e. The quantitative estimate of drug-likeness (QED) is 0.106. The summed E-state index contributed by atoms with van der Waals surface area (Å²) in [6.45, 7) is 7.69. The SMILES string of the molecule is CCCCCCCCCCCCN(CCCCCCCCCCCC)COc1ccccc1. The molecule has 2 heteroatoms. The summed E-state index contributed by atoms with van der Waals surface area (Å²) in [5.41, 5.74) is 0. The average Bonchev–Trinajstić information content (AvgIpc) is 2.85. The summed E-state index contributed by atoms with van der Waals surface area (Å²) >= 11 is 0. The topological polar surface area (TPSA) is 12.5 Å². The maximum Gasteiger partial charge on any atom is 0.142 e. The number of para-hydroxylation sites is 1. The fraction of sp³-hybridized carbons (Fsp3) is 0.806. The molecule has 0 fully saturated rings. The number of nitrogens with zero attached hydrogens (tertiary/aromatic N) is 1. The highest BCUT2D eigenvalue weighted by atomic mass is 16.5. The first-order valence-electron chi connectivity index (χ1n) is 14.8. The van der Waals surface area contributed by atoms with Crippen molar-refractivity contribution in [1.82, 2.24) is 4.90 Å². The number of ether oxygens (including phenoxy) is 1. The Morgan fingerprint density at radius 3 is 1.24 bits per heavy atom. The lowest BCUT2D eigenvalue weighted by molar-refractivity contribution is 0.121.